The third-order valence-corrected chi connectivity index (χ3v) is 2.79. The summed E-state index contributed by atoms with van der Waals surface area (Å²) in [5.74, 6) is -1.12. The SMILES string of the molecule is CS(=O)(=O)c1cccc(B(O)O)c1F. The van der Waals surface area contributed by atoms with Crippen molar-refractivity contribution < 1.29 is 22.9 Å². The van der Waals surface area contributed by atoms with Gasteiger partial charge < -0.3 is 10.0 Å². The van der Waals surface area contributed by atoms with E-state index >= 15 is 0 Å². The zero-order valence-corrected chi connectivity index (χ0v) is 8.12. The van der Waals surface area contributed by atoms with Crippen molar-refractivity contribution in [1.82, 2.24) is 0 Å². The fourth-order valence-corrected chi connectivity index (χ4v) is 1.78. The summed E-state index contributed by atoms with van der Waals surface area (Å²) in [4.78, 5) is -0.539. The zero-order chi connectivity index (χ0) is 10.9. The van der Waals surface area contributed by atoms with Crippen LogP contribution in [-0.4, -0.2) is 31.8 Å². The van der Waals surface area contributed by atoms with E-state index in [1.165, 1.54) is 6.07 Å². The molecule has 14 heavy (non-hydrogen) atoms. The van der Waals surface area contributed by atoms with E-state index in [0.717, 1.165) is 18.4 Å². The van der Waals surface area contributed by atoms with Crippen LogP contribution in [-0.2, 0) is 9.84 Å². The minimum Gasteiger partial charge on any atom is -0.423 e. The van der Waals surface area contributed by atoms with Crippen LogP contribution in [0, 0.1) is 5.82 Å². The first-order valence-corrected chi connectivity index (χ1v) is 5.58. The lowest BCUT2D eigenvalue weighted by Crippen LogP contribution is -2.33. The van der Waals surface area contributed by atoms with Crippen LogP contribution >= 0.6 is 0 Å². The van der Waals surface area contributed by atoms with E-state index in [1.807, 2.05) is 0 Å². The lowest BCUT2D eigenvalue weighted by atomic mass is 9.80. The highest BCUT2D eigenvalue weighted by Crippen LogP contribution is 2.11. The highest BCUT2D eigenvalue weighted by molar-refractivity contribution is 7.90. The summed E-state index contributed by atoms with van der Waals surface area (Å²) < 4.78 is 35.4. The molecule has 76 valence electrons. The number of hydrogen-bond donors (Lipinski definition) is 2. The van der Waals surface area contributed by atoms with Gasteiger partial charge in [0.1, 0.15) is 10.7 Å². The highest BCUT2D eigenvalue weighted by Gasteiger charge is 2.22. The summed E-state index contributed by atoms with van der Waals surface area (Å²) >= 11 is 0. The van der Waals surface area contributed by atoms with Gasteiger partial charge in [0.15, 0.2) is 9.84 Å². The van der Waals surface area contributed by atoms with Crippen LogP contribution in [0.3, 0.4) is 0 Å². The lowest BCUT2D eigenvalue weighted by Gasteiger charge is -2.05. The molecule has 0 amide bonds. The molecule has 1 aromatic rings. The molecule has 0 fully saturated rings. The van der Waals surface area contributed by atoms with E-state index in [1.54, 1.807) is 0 Å². The predicted octanol–water partition coefficient (Wildman–Crippen LogP) is -1.09. The predicted molar refractivity (Wildman–Crippen MR) is 49.3 cm³/mol. The number of hydrogen-bond acceptors (Lipinski definition) is 4. The Morgan fingerprint density at radius 3 is 2.36 bits per heavy atom. The second-order valence-electron chi connectivity index (χ2n) is 2.81. The summed E-state index contributed by atoms with van der Waals surface area (Å²) in [5, 5.41) is 17.4. The van der Waals surface area contributed by atoms with Gasteiger partial charge in [-0.3, -0.25) is 0 Å². The van der Waals surface area contributed by atoms with Crippen LogP contribution in [0.4, 0.5) is 4.39 Å². The summed E-state index contributed by atoms with van der Waals surface area (Å²) in [5.41, 5.74) is -0.451. The van der Waals surface area contributed by atoms with Crippen molar-refractivity contribution in [2.75, 3.05) is 6.26 Å². The Labute approximate surface area is 81.1 Å². The molecule has 7 heteroatoms. The molecule has 1 aromatic carbocycles. The smallest absolute Gasteiger partial charge is 0.423 e. The number of sulfone groups is 1. The fourth-order valence-electron chi connectivity index (χ4n) is 1.01. The zero-order valence-electron chi connectivity index (χ0n) is 7.31. The largest absolute Gasteiger partial charge is 0.491 e. The third kappa shape index (κ3) is 2.12. The average molecular weight is 218 g/mol. The molecule has 0 heterocycles. The Morgan fingerprint density at radius 1 is 1.36 bits per heavy atom. The molecule has 0 bridgehead atoms. The van der Waals surface area contributed by atoms with Crippen molar-refractivity contribution in [2.45, 2.75) is 4.90 Å². The van der Waals surface area contributed by atoms with Crippen molar-refractivity contribution >= 4 is 22.4 Å². The van der Waals surface area contributed by atoms with Crippen LogP contribution < -0.4 is 5.46 Å². The first-order chi connectivity index (χ1) is 6.34. The van der Waals surface area contributed by atoms with Gasteiger partial charge in [-0.05, 0) is 6.07 Å². The first kappa shape index (κ1) is 11.2. The van der Waals surface area contributed by atoms with E-state index in [0.29, 0.717) is 0 Å². The second kappa shape index (κ2) is 3.68. The van der Waals surface area contributed by atoms with Gasteiger partial charge in [0, 0.05) is 11.7 Å². The van der Waals surface area contributed by atoms with Crippen LogP contribution in [0.1, 0.15) is 0 Å². The van der Waals surface area contributed by atoms with Crippen molar-refractivity contribution in [3.8, 4) is 0 Å². The van der Waals surface area contributed by atoms with Crippen molar-refractivity contribution in [3.63, 3.8) is 0 Å². The maximum Gasteiger partial charge on any atom is 0.491 e. The van der Waals surface area contributed by atoms with Crippen molar-refractivity contribution in [2.24, 2.45) is 0 Å². The molecule has 0 spiro atoms. The van der Waals surface area contributed by atoms with Gasteiger partial charge in [0.2, 0.25) is 0 Å². The Morgan fingerprint density at radius 2 is 1.93 bits per heavy atom. The summed E-state index contributed by atoms with van der Waals surface area (Å²) in [6.45, 7) is 0. The number of rotatable bonds is 2. The topological polar surface area (TPSA) is 74.6 Å². The molecule has 0 radical (unpaired) electrons. The summed E-state index contributed by atoms with van der Waals surface area (Å²) in [6.07, 6.45) is 0.846. The van der Waals surface area contributed by atoms with Gasteiger partial charge >= 0.3 is 7.12 Å². The van der Waals surface area contributed by atoms with E-state index in [-0.39, 0.29) is 0 Å². The van der Waals surface area contributed by atoms with E-state index in [9.17, 15) is 12.8 Å². The van der Waals surface area contributed by atoms with Gasteiger partial charge in [-0.25, -0.2) is 12.8 Å². The summed E-state index contributed by atoms with van der Waals surface area (Å²) in [7, 11) is -5.70. The van der Waals surface area contributed by atoms with Gasteiger partial charge in [0.25, 0.3) is 0 Å². The maximum atomic E-state index is 13.3. The molecular weight excluding hydrogens is 210 g/mol. The van der Waals surface area contributed by atoms with Gasteiger partial charge in [0.05, 0.1) is 0 Å². The van der Waals surface area contributed by atoms with Gasteiger partial charge in [-0.2, -0.15) is 0 Å². The quantitative estimate of drug-likeness (QED) is 0.618. The molecule has 2 N–H and O–H groups in total. The Bertz CT molecular complexity index is 443. The fraction of sp³-hybridized carbons (Fsp3) is 0.143. The molecule has 0 aliphatic heterocycles. The molecule has 4 nitrogen and oxygen atoms in total. The Kier molecular flexibility index (Phi) is 2.93. The normalized spacial score (nSPS) is 11.4. The van der Waals surface area contributed by atoms with Crippen LogP contribution in [0.2, 0.25) is 0 Å². The van der Waals surface area contributed by atoms with Crippen molar-refractivity contribution in [3.05, 3.63) is 24.0 Å². The van der Waals surface area contributed by atoms with Crippen LogP contribution in [0.15, 0.2) is 23.1 Å². The summed E-state index contributed by atoms with van der Waals surface area (Å²) in [6, 6.07) is 3.42. The molecule has 0 saturated carbocycles. The highest BCUT2D eigenvalue weighted by atomic mass is 32.2. The van der Waals surface area contributed by atoms with Gasteiger partial charge in [-0.1, -0.05) is 12.1 Å². The van der Waals surface area contributed by atoms with E-state index < -0.39 is 33.1 Å². The average Bonchev–Trinajstić information content (AvgIpc) is 2.01. The molecule has 0 atom stereocenters. The molecule has 0 aromatic heterocycles. The van der Waals surface area contributed by atoms with E-state index in [2.05, 4.69) is 0 Å². The number of halogens is 1. The molecule has 1 rings (SSSR count). The molecular formula is C7H8BFO4S. The maximum absolute atomic E-state index is 13.3. The number of benzene rings is 1. The standard InChI is InChI=1S/C7H8BFO4S/c1-14(12,13)6-4-2-3-5(7(6)9)8(10)11/h2-4,10-11H,1H3. The minimum absolute atomic E-state index is 0.451. The molecule has 0 aliphatic rings. The molecule has 0 unspecified atom stereocenters. The first-order valence-electron chi connectivity index (χ1n) is 3.68. The lowest BCUT2D eigenvalue weighted by molar-refractivity contribution is 0.422. The minimum atomic E-state index is -3.69. The molecule has 0 saturated heterocycles. The monoisotopic (exact) mass is 218 g/mol. The Balaban J connectivity index is 3.43. The third-order valence-electron chi connectivity index (χ3n) is 1.67. The van der Waals surface area contributed by atoms with Crippen LogP contribution in [0.25, 0.3) is 0 Å². The van der Waals surface area contributed by atoms with Crippen LogP contribution in [0.5, 0.6) is 0 Å². The van der Waals surface area contributed by atoms with E-state index in [4.69, 9.17) is 10.0 Å². The second-order valence-corrected chi connectivity index (χ2v) is 4.79. The Hall–Kier alpha value is -0.915. The molecule has 0 aliphatic carbocycles. The van der Waals surface area contributed by atoms with Crippen molar-refractivity contribution in [1.29, 1.82) is 0 Å². The van der Waals surface area contributed by atoms with Gasteiger partial charge in [-0.15, -0.1) is 0 Å².